The molecule has 5 heteroatoms. The number of rotatable bonds is 4. The number of carbonyl (C=O) groups excluding carboxylic acids is 1. The zero-order valence-electron chi connectivity index (χ0n) is 11.1. The second-order valence-corrected chi connectivity index (χ2v) is 5.01. The zero-order valence-corrected chi connectivity index (χ0v) is 11.1. The molecule has 0 bridgehead atoms. The minimum absolute atomic E-state index is 0.0220. The predicted molar refractivity (Wildman–Crippen MR) is 70.2 cm³/mol. The maximum atomic E-state index is 13.6. The fourth-order valence-electron chi connectivity index (χ4n) is 2.43. The second-order valence-electron chi connectivity index (χ2n) is 5.01. The first-order valence-electron chi connectivity index (χ1n) is 6.50. The second kappa shape index (κ2) is 5.15. The van der Waals surface area contributed by atoms with Crippen molar-refractivity contribution in [1.29, 1.82) is 0 Å². The minimum atomic E-state index is -0.758. The van der Waals surface area contributed by atoms with E-state index in [1.54, 1.807) is 0 Å². The Balaban J connectivity index is 2.20. The van der Waals surface area contributed by atoms with Crippen LogP contribution < -0.4 is 10.6 Å². The summed E-state index contributed by atoms with van der Waals surface area (Å²) in [5, 5.41) is 5.32. The Morgan fingerprint density at radius 2 is 1.89 bits per heavy atom. The zero-order chi connectivity index (χ0) is 14.0. The summed E-state index contributed by atoms with van der Waals surface area (Å²) in [5.41, 5.74) is -0.384. The van der Waals surface area contributed by atoms with Crippen LogP contribution in [0.25, 0.3) is 0 Å². The first-order chi connectivity index (χ1) is 9.01. The van der Waals surface area contributed by atoms with E-state index in [4.69, 9.17) is 0 Å². The van der Waals surface area contributed by atoms with Gasteiger partial charge in [0.25, 0.3) is 5.91 Å². The van der Waals surface area contributed by atoms with Crippen LogP contribution in [0.1, 0.15) is 43.0 Å². The lowest BCUT2D eigenvalue weighted by Crippen LogP contribution is -2.53. The Kier molecular flexibility index (Phi) is 3.73. The molecule has 104 valence electrons. The van der Waals surface area contributed by atoms with Gasteiger partial charge in [-0.15, -0.1) is 0 Å². The molecular weight excluding hydrogens is 250 g/mol. The summed E-state index contributed by atoms with van der Waals surface area (Å²) in [6.45, 7) is 2.00. The topological polar surface area (TPSA) is 41.1 Å². The summed E-state index contributed by atoms with van der Waals surface area (Å²) in [7, 11) is 1.43. The molecule has 0 spiro atoms. The number of nitrogens with one attached hydrogen (secondary N) is 2. The molecule has 0 aliphatic heterocycles. The van der Waals surface area contributed by atoms with E-state index in [-0.39, 0.29) is 16.8 Å². The average molecular weight is 268 g/mol. The van der Waals surface area contributed by atoms with E-state index in [2.05, 4.69) is 10.6 Å². The highest BCUT2D eigenvalue weighted by molar-refractivity contribution is 5.95. The van der Waals surface area contributed by atoms with Crippen LogP contribution >= 0.6 is 0 Å². The molecule has 3 nitrogen and oxygen atoms in total. The Bertz CT molecular complexity index is 470. The minimum Gasteiger partial charge on any atom is -0.383 e. The van der Waals surface area contributed by atoms with Crippen molar-refractivity contribution in [1.82, 2.24) is 5.32 Å². The van der Waals surface area contributed by atoms with E-state index >= 15 is 0 Å². The molecule has 2 N–H and O–H groups in total. The van der Waals surface area contributed by atoms with E-state index in [1.807, 2.05) is 6.92 Å². The van der Waals surface area contributed by atoms with Crippen LogP contribution in [0.2, 0.25) is 0 Å². The lowest BCUT2D eigenvalue weighted by atomic mass is 9.74. The van der Waals surface area contributed by atoms with Crippen LogP contribution in [0.5, 0.6) is 0 Å². The highest BCUT2D eigenvalue weighted by Crippen LogP contribution is 2.35. The molecule has 1 fully saturated rings. The summed E-state index contributed by atoms with van der Waals surface area (Å²) in [6, 6.07) is 2.12. The maximum absolute atomic E-state index is 13.6. The average Bonchev–Trinajstić information content (AvgIpc) is 2.33. The van der Waals surface area contributed by atoms with Gasteiger partial charge in [0, 0.05) is 18.2 Å². The Labute approximate surface area is 111 Å². The van der Waals surface area contributed by atoms with E-state index in [0.29, 0.717) is 0 Å². The van der Waals surface area contributed by atoms with Gasteiger partial charge >= 0.3 is 0 Å². The number of anilines is 1. The van der Waals surface area contributed by atoms with Gasteiger partial charge < -0.3 is 10.6 Å². The molecule has 1 saturated carbocycles. The van der Waals surface area contributed by atoms with Crippen molar-refractivity contribution >= 4 is 11.6 Å². The molecule has 19 heavy (non-hydrogen) atoms. The predicted octanol–water partition coefficient (Wildman–Crippen LogP) is 3.07. The molecule has 1 aromatic rings. The van der Waals surface area contributed by atoms with E-state index in [1.165, 1.54) is 7.05 Å². The third kappa shape index (κ3) is 2.55. The lowest BCUT2D eigenvalue weighted by molar-refractivity contribution is 0.0819. The van der Waals surface area contributed by atoms with Gasteiger partial charge in [0.2, 0.25) is 0 Å². The number of hydrogen-bond donors (Lipinski definition) is 2. The largest absolute Gasteiger partial charge is 0.383 e. The van der Waals surface area contributed by atoms with Crippen LogP contribution in [-0.4, -0.2) is 18.5 Å². The van der Waals surface area contributed by atoms with Gasteiger partial charge in [0.05, 0.1) is 0 Å². The van der Waals surface area contributed by atoms with Crippen molar-refractivity contribution in [2.45, 2.75) is 38.1 Å². The molecule has 0 atom stereocenters. The van der Waals surface area contributed by atoms with Crippen LogP contribution in [-0.2, 0) is 0 Å². The standard InChI is InChI=1S/C14H18F2N2O/c1-3-14(5-4-6-14)18-13(19)9-7-10(15)12(17-2)11(16)8-9/h7-8,17H,3-6H2,1-2H3,(H,18,19). The summed E-state index contributed by atoms with van der Waals surface area (Å²) in [4.78, 5) is 12.1. The molecule has 1 aliphatic rings. The molecule has 1 amide bonds. The van der Waals surface area contributed by atoms with Gasteiger partial charge in [-0.1, -0.05) is 6.92 Å². The van der Waals surface area contributed by atoms with Gasteiger partial charge in [-0.2, -0.15) is 0 Å². The number of halogens is 2. The van der Waals surface area contributed by atoms with E-state index in [0.717, 1.165) is 37.8 Å². The Morgan fingerprint density at radius 3 is 2.26 bits per heavy atom. The molecule has 2 rings (SSSR count). The highest BCUT2D eigenvalue weighted by Gasteiger charge is 2.36. The van der Waals surface area contributed by atoms with Gasteiger partial charge in [0.1, 0.15) is 17.3 Å². The van der Waals surface area contributed by atoms with Crippen LogP contribution in [0, 0.1) is 11.6 Å². The van der Waals surface area contributed by atoms with Gasteiger partial charge in [0.15, 0.2) is 0 Å². The molecule has 1 aromatic carbocycles. The summed E-state index contributed by atoms with van der Waals surface area (Å²) in [6.07, 6.45) is 3.76. The van der Waals surface area contributed by atoms with Gasteiger partial charge in [-0.3, -0.25) is 4.79 Å². The first-order valence-corrected chi connectivity index (χ1v) is 6.50. The van der Waals surface area contributed by atoms with E-state index in [9.17, 15) is 13.6 Å². The monoisotopic (exact) mass is 268 g/mol. The SMILES string of the molecule is CCC1(NC(=O)c2cc(F)c(NC)c(F)c2)CCC1. The molecule has 0 radical (unpaired) electrons. The molecular formula is C14H18F2N2O. The van der Waals surface area contributed by atoms with Crippen molar-refractivity contribution in [3.05, 3.63) is 29.3 Å². The molecule has 0 unspecified atom stereocenters. The number of amides is 1. The fourth-order valence-corrected chi connectivity index (χ4v) is 2.43. The van der Waals surface area contributed by atoms with Crippen molar-refractivity contribution in [2.75, 3.05) is 12.4 Å². The normalized spacial score (nSPS) is 16.6. The summed E-state index contributed by atoms with van der Waals surface area (Å²) in [5.74, 6) is -1.93. The Morgan fingerprint density at radius 1 is 1.32 bits per heavy atom. The van der Waals surface area contributed by atoms with Crippen LogP contribution in [0.15, 0.2) is 12.1 Å². The fraction of sp³-hybridized carbons (Fsp3) is 0.500. The smallest absolute Gasteiger partial charge is 0.251 e. The summed E-state index contributed by atoms with van der Waals surface area (Å²) >= 11 is 0. The van der Waals surface area contributed by atoms with Crippen molar-refractivity contribution in [3.8, 4) is 0 Å². The molecule has 0 heterocycles. The van der Waals surface area contributed by atoms with Crippen LogP contribution in [0.4, 0.5) is 14.5 Å². The number of carbonyl (C=O) groups is 1. The Hall–Kier alpha value is -1.65. The quantitative estimate of drug-likeness (QED) is 0.881. The molecule has 0 saturated heterocycles. The van der Waals surface area contributed by atoms with Gasteiger partial charge in [-0.05, 0) is 37.8 Å². The molecule has 1 aliphatic carbocycles. The van der Waals surface area contributed by atoms with Gasteiger partial charge in [-0.25, -0.2) is 8.78 Å². The number of hydrogen-bond acceptors (Lipinski definition) is 2. The lowest BCUT2D eigenvalue weighted by Gasteiger charge is -2.42. The molecule has 0 aromatic heterocycles. The third-order valence-electron chi connectivity index (χ3n) is 3.92. The van der Waals surface area contributed by atoms with Crippen LogP contribution in [0.3, 0.4) is 0 Å². The van der Waals surface area contributed by atoms with Crippen molar-refractivity contribution in [2.24, 2.45) is 0 Å². The van der Waals surface area contributed by atoms with Crippen molar-refractivity contribution in [3.63, 3.8) is 0 Å². The maximum Gasteiger partial charge on any atom is 0.251 e. The van der Waals surface area contributed by atoms with Crippen molar-refractivity contribution < 1.29 is 13.6 Å². The third-order valence-corrected chi connectivity index (χ3v) is 3.92. The highest BCUT2D eigenvalue weighted by atomic mass is 19.1. The summed E-state index contributed by atoms with van der Waals surface area (Å²) < 4.78 is 27.2. The number of benzene rings is 1. The first kappa shape index (κ1) is 13.8. The van der Waals surface area contributed by atoms with E-state index < -0.39 is 17.5 Å².